The van der Waals surface area contributed by atoms with Crippen molar-refractivity contribution in [2.75, 3.05) is 19.0 Å². The number of nitro groups is 1. The quantitative estimate of drug-likeness (QED) is 0.583. The summed E-state index contributed by atoms with van der Waals surface area (Å²) in [6, 6.07) is 2.89. The Bertz CT molecular complexity index is 416. The molecule has 0 fully saturated rings. The van der Waals surface area contributed by atoms with Crippen LogP contribution in [-0.2, 0) is 6.18 Å². The molecule has 0 saturated carbocycles. The Kier molecular flexibility index (Phi) is 3.06. The lowest BCUT2D eigenvalue weighted by Gasteiger charge is -2.15. The molecule has 0 amide bonds. The highest BCUT2D eigenvalue weighted by Gasteiger charge is 2.38. The van der Waals surface area contributed by atoms with Gasteiger partial charge in [0.25, 0.3) is 5.69 Å². The second-order valence-corrected chi connectivity index (χ2v) is 3.35. The van der Waals surface area contributed by atoms with Crippen molar-refractivity contribution < 1.29 is 18.1 Å². The molecule has 7 heteroatoms. The number of nitrogens with zero attached hydrogens (tertiary/aromatic N) is 2. The van der Waals surface area contributed by atoms with Crippen LogP contribution < -0.4 is 4.90 Å². The van der Waals surface area contributed by atoms with Crippen molar-refractivity contribution >= 4 is 11.4 Å². The van der Waals surface area contributed by atoms with Gasteiger partial charge in [-0.05, 0) is 12.1 Å². The number of benzene rings is 1. The van der Waals surface area contributed by atoms with Gasteiger partial charge in [-0.3, -0.25) is 10.1 Å². The normalized spacial score (nSPS) is 11.3. The van der Waals surface area contributed by atoms with Crippen LogP contribution in [0.2, 0.25) is 0 Å². The van der Waals surface area contributed by atoms with Gasteiger partial charge in [-0.15, -0.1) is 0 Å². The molecule has 1 aromatic rings. The molecule has 0 radical (unpaired) electrons. The zero-order chi connectivity index (χ0) is 12.5. The van der Waals surface area contributed by atoms with Crippen LogP contribution in [0.1, 0.15) is 5.56 Å². The second kappa shape index (κ2) is 3.99. The molecule has 0 bridgehead atoms. The number of anilines is 1. The number of hydrogen-bond acceptors (Lipinski definition) is 3. The van der Waals surface area contributed by atoms with E-state index in [0.29, 0.717) is 0 Å². The van der Waals surface area contributed by atoms with Gasteiger partial charge >= 0.3 is 6.18 Å². The molecule has 0 spiro atoms. The molecular formula is C9H9F3N2O2. The third-order valence-electron chi connectivity index (χ3n) is 2.00. The van der Waals surface area contributed by atoms with Crippen molar-refractivity contribution in [3.63, 3.8) is 0 Å². The minimum absolute atomic E-state index is 0.262. The first-order valence-electron chi connectivity index (χ1n) is 4.26. The standard InChI is InChI=1S/C9H9F3N2O2/c1-13(2)6-3-4-8(14(15)16)7(5-6)9(10,11)12/h3-5H,1-2H3. The topological polar surface area (TPSA) is 46.4 Å². The number of alkyl halides is 3. The maximum atomic E-state index is 12.5. The molecule has 1 rings (SSSR count). The Labute approximate surface area is 89.4 Å². The van der Waals surface area contributed by atoms with Crippen molar-refractivity contribution in [2.24, 2.45) is 0 Å². The van der Waals surface area contributed by atoms with E-state index in [-0.39, 0.29) is 5.69 Å². The van der Waals surface area contributed by atoms with Crippen LogP contribution >= 0.6 is 0 Å². The van der Waals surface area contributed by atoms with E-state index in [1.807, 2.05) is 0 Å². The van der Waals surface area contributed by atoms with Crippen molar-refractivity contribution in [1.29, 1.82) is 0 Å². The first-order chi connectivity index (χ1) is 7.23. The average Bonchev–Trinajstić information content (AvgIpc) is 2.15. The van der Waals surface area contributed by atoms with Gasteiger partial charge in [0.1, 0.15) is 5.56 Å². The van der Waals surface area contributed by atoms with Gasteiger partial charge in [0.15, 0.2) is 0 Å². The maximum Gasteiger partial charge on any atom is 0.423 e. The maximum absolute atomic E-state index is 12.5. The molecule has 88 valence electrons. The third-order valence-corrected chi connectivity index (χ3v) is 2.00. The lowest BCUT2D eigenvalue weighted by molar-refractivity contribution is -0.388. The predicted octanol–water partition coefficient (Wildman–Crippen LogP) is 2.68. The highest BCUT2D eigenvalue weighted by molar-refractivity contribution is 5.55. The van der Waals surface area contributed by atoms with E-state index in [1.165, 1.54) is 11.0 Å². The van der Waals surface area contributed by atoms with Gasteiger partial charge in [-0.1, -0.05) is 0 Å². The fourth-order valence-corrected chi connectivity index (χ4v) is 1.19. The van der Waals surface area contributed by atoms with E-state index in [1.54, 1.807) is 14.1 Å². The van der Waals surface area contributed by atoms with Gasteiger partial charge in [0, 0.05) is 25.8 Å². The largest absolute Gasteiger partial charge is 0.423 e. The summed E-state index contributed by atoms with van der Waals surface area (Å²) in [4.78, 5) is 10.8. The van der Waals surface area contributed by atoms with E-state index in [4.69, 9.17) is 0 Å². The number of rotatable bonds is 2. The number of halogens is 3. The minimum Gasteiger partial charge on any atom is -0.378 e. The molecule has 0 saturated heterocycles. The summed E-state index contributed by atoms with van der Waals surface area (Å²) < 4.78 is 37.6. The van der Waals surface area contributed by atoms with Crippen molar-refractivity contribution in [2.45, 2.75) is 6.18 Å². The van der Waals surface area contributed by atoms with Crippen LogP contribution in [0.5, 0.6) is 0 Å². The molecule has 0 aliphatic rings. The van der Waals surface area contributed by atoms with E-state index in [0.717, 1.165) is 12.1 Å². The zero-order valence-corrected chi connectivity index (χ0v) is 8.58. The van der Waals surface area contributed by atoms with Crippen molar-refractivity contribution in [3.8, 4) is 0 Å². The average molecular weight is 234 g/mol. The van der Waals surface area contributed by atoms with E-state index >= 15 is 0 Å². The molecule has 0 heterocycles. The van der Waals surface area contributed by atoms with Crippen molar-refractivity contribution in [1.82, 2.24) is 0 Å². The van der Waals surface area contributed by atoms with Crippen molar-refractivity contribution in [3.05, 3.63) is 33.9 Å². The van der Waals surface area contributed by atoms with Crippen LogP contribution in [0.25, 0.3) is 0 Å². The number of nitro benzene ring substituents is 1. The summed E-state index contributed by atoms with van der Waals surface area (Å²) in [6.45, 7) is 0. The van der Waals surface area contributed by atoms with Gasteiger partial charge in [0.05, 0.1) is 4.92 Å². The smallest absolute Gasteiger partial charge is 0.378 e. The minimum atomic E-state index is -4.73. The first kappa shape index (κ1) is 12.3. The van der Waals surface area contributed by atoms with Crippen LogP contribution in [0, 0.1) is 10.1 Å². The highest BCUT2D eigenvalue weighted by atomic mass is 19.4. The van der Waals surface area contributed by atoms with Crippen LogP contribution in [0.4, 0.5) is 24.5 Å². The van der Waals surface area contributed by atoms with E-state index in [2.05, 4.69) is 0 Å². The summed E-state index contributed by atoms with van der Waals surface area (Å²) in [5.74, 6) is 0. The SMILES string of the molecule is CN(C)c1ccc([N+](=O)[O-])c(C(F)(F)F)c1. The molecule has 0 N–H and O–H groups in total. The van der Waals surface area contributed by atoms with Gasteiger partial charge in [0.2, 0.25) is 0 Å². The summed E-state index contributed by atoms with van der Waals surface area (Å²) in [7, 11) is 3.11. The molecule has 16 heavy (non-hydrogen) atoms. The summed E-state index contributed by atoms with van der Waals surface area (Å²) in [5.41, 5.74) is -1.90. The molecule has 0 atom stereocenters. The molecule has 0 aromatic heterocycles. The lowest BCUT2D eigenvalue weighted by Crippen LogP contribution is -2.13. The van der Waals surface area contributed by atoms with Gasteiger partial charge < -0.3 is 4.90 Å². The van der Waals surface area contributed by atoms with Gasteiger partial charge in [-0.2, -0.15) is 13.2 Å². The molecule has 0 unspecified atom stereocenters. The molecule has 0 aliphatic heterocycles. The predicted molar refractivity (Wildman–Crippen MR) is 52.4 cm³/mol. The molecule has 1 aromatic carbocycles. The monoisotopic (exact) mass is 234 g/mol. The Balaban J connectivity index is 3.39. The fourth-order valence-electron chi connectivity index (χ4n) is 1.19. The summed E-state index contributed by atoms with van der Waals surface area (Å²) >= 11 is 0. The van der Waals surface area contributed by atoms with Crippen LogP contribution in [0.15, 0.2) is 18.2 Å². The summed E-state index contributed by atoms with van der Waals surface area (Å²) in [5, 5.41) is 10.4. The van der Waals surface area contributed by atoms with Crippen LogP contribution in [-0.4, -0.2) is 19.0 Å². The van der Waals surface area contributed by atoms with E-state index < -0.39 is 22.4 Å². The Morgan fingerprint density at radius 2 is 1.88 bits per heavy atom. The van der Waals surface area contributed by atoms with Crippen LogP contribution in [0.3, 0.4) is 0 Å². The van der Waals surface area contributed by atoms with E-state index in [9.17, 15) is 23.3 Å². The Morgan fingerprint density at radius 1 is 1.31 bits per heavy atom. The Hall–Kier alpha value is -1.79. The second-order valence-electron chi connectivity index (χ2n) is 3.35. The lowest BCUT2D eigenvalue weighted by atomic mass is 10.1. The zero-order valence-electron chi connectivity index (χ0n) is 8.58. The van der Waals surface area contributed by atoms with Gasteiger partial charge in [-0.25, -0.2) is 0 Å². The molecular weight excluding hydrogens is 225 g/mol. The fraction of sp³-hybridized carbons (Fsp3) is 0.333. The molecule has 0 aliphatic carbocycles. The third kappa shape index (κ3) is 2.41. The Morgan fingerprint density at radius 3 is 2.25 bits per heavy atom. The highest BCUT2D eigenvalue weighted by Crippen LogP contribution is 2.37. The summed E-state index contributed by atoms with van der Waals surface area (Å²) in [6.07, 6.45) is -4.73. The molecule has 4 nitrogen and oxygen atoms in total. The number of hydrogen-bond donors (Lipinski definition) is 0. The first-order valence-corrected chi connectivity index (χ1v) is 4.26.